The van der Waals surface area contributed by atoms with Crippen molar-refractivity contribution >= 4 is 39.9 Å². The van der Waals surface area contributed by atoms with E-state index in [4.69, 9.17) is 21.8 Å². The molecule has 0 atom stereocenters. The third kappa shape index (κ3) is 2.71. The van der Waals surface area contributed by atoms with Gasteiger partial charge in [0.1, 0.15) is 5.58 Å². The van der Waals surface area contributed by atoms with Gasteiger partial charge in [0.2, 0.25) is 0 Å². The van der Waals surface area contributed by atoms with E-state index in [-0.39, 0.29) is 11.7 Å². The Balaban J connectivity index is 1.89. The molecule has 21 heavy (non-hydrogen) atoms. The second kappa shape index (κ2) is 5.14. The van der Waals surface area contributed by atoms with Crippen molar-refractivity contribution in [1.29, 1.82) is 0 Å². The van der Waals surface area contributed by atoms with E-state index in [9.17, 15) is 4.79 Å². The molecule has 0 saturated carbocycles. The lowest BCUT2D eigenvalue weighted by Crippen LogP contribution is -2.11. The molecular formula is C16H13ClN2O2. The van der Waals surface area contributed by atoms with E-state index >= 15 is 0 Å². The normalized spacial score (nSPS) is 10.8. The molecule has 106 valence electrons. The Bertz CT molecular complexity index is 839. The lowest BCUT2D eigenvalue weighted by atomic mass is 10.2. The summed E-state index contributed by atoms with van der Waals surface area (Å²) in [6.07, 6.45) is 0. The average Bonchev–Trinajstić information content (AvgIpc) is 2.85. The molecule has 0 radical (unpaired) electrons. The van der Waals surface area contributed by atoms with Crippen LogP contribution in [0.1, 0.15) is 16.1 Å². The standard InChI is InChI=1S/C16H13ClN2O2/c1-9-2-5-14-10(6-9)7-15(21-14)16(20)19-13-4-3-11(18)8-12(13)17/h2-8H,18H2,1H3,(H,19,20). The number of hydrogen-bond acceptors (Lipinski definition) is 3. The van der Waals surface area contributed by atoms with Crippen molar-refractivity contribution in [3.63, 3.8) is 0 Å². The maximum absolute atomic E-state index is 12.2. The maximum atomic E-state index is 12.2. The molecule has 2 aromatic carbocycles. The van der Waals surface area contributed by atoms with Crippen LogP contribution in [-0.4, -0.2) is 5.91 Å². The first-order valence-corrected chi connectivity index (χ1v) is 6.77. The fourth-order valence-corrected chi connectivity index (χ4v) is 2.33. The average molecular weight is 301 g/mol. The van der Waals surface area contributed by atoms with E-state index in [1.54, 1.807) is 24.3 Å². The Morgan fingerprint density at radius 2 is 2.00 bits per heavy atom. The number of hydrogen-bond donors (Lipinski definition) is 2. The second-order valence-electron chi connectivity index (χ2n) is 4.85. The summed E-state index contributed by atoms with van der Waals surface area (Å²) < 4.78 is 5.54. The first-order chi connectivity index (χ1) is 10.0. The van der Waals surface area contributed by atoms with E-state index in [2.05, 4.69) is 5.32 Å². The zero-order chi connectivity index (χ0) is 15.0. The minimum Gasteiger partial charge on any atom is -0.451 e. The van der Waals surface area contributed by atoms with Crippen LogP contribution in [0.15, 0.2) is 46.9 Å². The van der Waals surface area contributed by atoms with Crippen LogP contribution in [0.3, 0.4) is 0 Å². The van der Waals surface area contributed by atoms with Crippen molar-refractivity contribution in [2.45, 2.75) is 6.92 Å². The van der Waals surface area contributed by atoms with E-state index in [1.165, 1.54) is 0 Å². The molecular weight excluding hydrogens is 288 g/mol. The number of anilines is 2. The molecule has 0 fully saturated rings. The summed E-state index contributed by atoms with van der Waals surface area (Å²) in [5.74, 6) is -0.112. The lowest BCUT2D eigenvalue weighted by Gasteiger charge is -2.05. The molecule has 4 nitrogen and oxygen atoms in total. The van der Waals surface area contributed by atoms with Gasteiger partial charge in [-0.05, 0) is 43.3 Å². The lowest BCUT2D eigenvalue weighted by molar-refractivity contribution is 0.0998. The molecule has 3 rings (SSSR count). The van der Waals surface area contributed by atoms with Crippen LogP contribution >= 0.6 is 11.6 Å². The highest BCUT2D eigenvalue weighted by molar-refractivity contribution is 6.34. The van der Waals surface area contributed by atoms with Crippen molar-refractivity contribution in [3.8, 4) is 0 Å². The summed E-state index contributed by atoms with van der Waals surface area (Å²) in [4.78, 5) is 12.2. The van der Waals surface area contributed by atoms with E-state index in [0.717, 1.165) is 10.9 Å². The minimum absolute atomic E-state index is 0.239. The van der Waals surface area contributed by atoms with E-state index in [0.29, 0.717) is 22.0 Å². The number of aryl methyl sites for hydroxylation is 1. The Labute approximate surface area is 126 Å². The highest BCUT2D eigenvalue weighted by Gasteiger charge is 2.14. The van der Waals surface area contributed by atoms with Crippen molar-refractivity contribution in [3.05, 3.63) is 58.8 Å². The number of carbonyl (C=O) groups excluding carboxylic acids is 1. The fourth-order valence-electron chi connectivity index (χ4n) is 2.09. The van der Waals surface area contributed by atoms with Gasteiger partial charge in [-0.2, -0.15) is 0 Å². The molecule has 1 heterocycles. The molecule has 0 aliphatic heterocycles. The number of nitrogens with two attached hydrogens (primary N) is 1. The predicted molar refractivity (Wildman–Crippen MR) is 84.8 cm³/mol. The number of halogens is 1. The number of amides is 1. The third-order valence-corrected chi connectivity index (χ3v) is 3.45. The van der Waals surface area contributed by atoms with Gasteiger partial charge in [0, 0.05) is 11.1 Å². The van der Waals surface area contributed by atoms with Crippen LogP contribution < -0.4 is 11.1 Å². The highest BCUT2D eigenvalue weighted by Crippen LogP contribution is 2.26. The highest BCUT2D eigenvalue weighted by atomic mass is 35.5. The molecule has 0 aliphatic rings. The predicted octanol–water partition coefficient (Wildman–Crippen LogP) is 4.23. The number of nitrogen functional groups attached to an aromatic ring is 1. The van der Waals surface area contributed by atoms with Crippen LogP contribution in [-0.2, 0) is 0 Å². The van der Waals surface area contributed by atoms with Gasteiger partial charge in [-0.3, -0.25) is 4.79 Å². The van der Waals surface area contributed by atoms with Gasteiger partial charge in [-0.25, -0.2) is 0 Å². The molecule has 0 bridgehead atoms. The molecule has 3 aromatic rings. The summed E-state index contributed by atoms with van der Waals surface area (Å²) in [6, 6.07) is 12.4. The molecule has 0 aliphatic carbocycles. The fraction of sp³-hybridized carbons (Fsp3) is 0.0625. The van der Waals surface area contributed by atoms with Crippen LogP contribution in [0.5, 0.6) is 0 Å². The molecule has 5 heteroatoms. The Morgan fingerprint density at radius 1 is 1.19 bits per heavy atom. The molecule has 3 N–H and O–H groups in total. The Kier molecular flexibility index (Phi) is 3.31. The zero-order valence-electron chi connectivity index (χ0n) is 11.3. The summed E-state index contributed by atoms with van der Waals surface area (Å²) in [7, 11) is 0. The first-order valence-electron chi connectivity index (χ1n) is 6.39. The first kappa shape index (κ1) is 13.5. The van der Waals surface area contributed by atoms with Gasteiger partial charge in [0.25, 0.3) is 5.91 Å². The second-order valence-corrected chi connectivity index (χ2v) is 5.25. The zero-order valence-corrected chi connectivity index (χ0v) is 12.1. The van der Waals surface area contributed by atoms with Gasteiger partial charge in [-0.15, -0.1) is 0 Å². The summed E-state index contributed by atoms with van der Waals surface area (Å²) in [6.45, 7) is 1.99. The number of fused-ring (bicyclic) bond motifs is 1. The molecule has 0 unspecified atom stereocenters. The molecule has 0 spiro atoms. The number of nitrogens with one attached hydrogen (secondary N) is 1. The monoisotopic (exact) mass is 300 g/mol. The van der Waals surface area contributed by atoms with Crippen molar-refractivity contribution in [2.24, 2.45) is 0 Å². The number of carbonyl (C=O) groups is 1. The smallest absolute Gasteiger partial charge is 0.291 e. The Morgan fingerprint density at radius 3 is 2.76 bits per heavy atom. The van der Waals surface area contributed by atoms with E-state index in [1.807, 2.05) is 25.1 Å². The van der Waals surface area contributed by atoms with Crippen molar-refractivity contribution < 1.29 is 9.21 Å². The van der Waals surface area contributed by atoms with Gasteiger partial charge in [0.15, 0.2) is 5.76 Å². The summed E-state index contributed by atoms with van der Waals surface area (Å²) in [5, 5.41) is 3.99. The summed E-state index contributed by atoms with van der Waals surface area (Å²) >= 11 is 6.04. The largest absolute Gasteiger partial charge is 0.451 e. The molecule has 0 saturated heterocycles. The van der Waals surface area contributed by atoms with Crippen LogP contribution in [0.2, 0.25) is 5.02 Å². The number of benzene rings is 2. The van der Waals surface area contributed by atoms with Crippen LogP contribution in [0.4, 0.5) is 11.4 Å². The quantitative estimate of drug-likeness (QED) is 0.696. The maximum Gasteiger partial charge on any atom is 0.291 e. The van der Waals surface area contributed by atoms with Gasteiger partial charge in [-0.1, -0.05) is 23.2 Å². The van der Waals surface area contributed by atoms with E-state index < -0.39 is 0 Å². The van der Waals surface area contributed by atoms with Crippen molar-refractivity contribution in [2.75, 3.05) is 11.1 Å². The SMILES string of the molecule is Cc1ccc2oc(C(=O)Nc3ccc(N)cc3Cl)cc2c1. The van der Waals surface area contributed by atoms with Crippen LogP contribution in [0, 0.1) is 6.92 Å². The third-order valence-electron chi connectivity index (χ3n) is 3.14. The van der Waals surface area contributed by atoms with Gasteiger partial charge in [0.05, 0.1) is 10.7 Å². The van der Waals surface area contributed by atoms with Gasteiger partial charge < -0.3 is 15.5 Å². The Hall–Kier alpha value is -2.46. The van der Waals surface area contributed by atoms with Crippen molar-refractivity contribution in [1.82, 2.24) is 0 Å². The minimum atomic E-state index is -0.351. The topological polar surface area (TPSA) is 68.3 Å². The molecule has 1 amide bonds. The summed E-state index contributed by atoms with van der Waals surface area (Å²) in [5.41, 5.74) is 8.43. The van der Waals surface area contributed by atoms with Gasteiger partial charge >= 0.3 is 0 Å². The number of rotatable bonds is 2. The number of furan rings is 1. The molecule has 1 aromatic heterocycles. The van der Waals surface area contributed by atoms with Crippen LogP contribution in [0.25, 0.3) is 11.0 Å².